The molecule has 1 aromatic rings. The molecule has 0 fully saturated rings. The number of benzene rings is 1. The van der Waals surface area contributed by atoms with Crippen LogP contribution in [0.15, 0.2) is 12.1 Å². The largest absolute Gasteiger partial charge is 0.493 e. The summed E-state index contributed by atoms with van der Waals surface area (Å²) in [7, 11) is 0. The van der Waals surface area contributed by atoms with Gasteiger partial charge in [-0.2, -0.15) is 13.2 Å². The van der Waals surface area contributed by atoms with Crippen LogP contribution < -0.4 is 10.1 Å². The molecule has 2 rings (SSSR count). The van der Waals surface area contributed by atoms with Gasteiger partial charge in [0.1, 0.15) is 5.75 Å². The van der Waals surface area contributed by atoms with Gasteiger partial charge >= 0.3 is 6.18 Å². The molecule has 0 aliphatic carbocycles. The Hall–Kier alpha value is -0.940. The molecule has 0 amide bonds. The van der Waals surface area contributed by atoms with Gasteiger partial charge in [0.05, 0.1) is 13.0 Å². The first-order valence-corrected chi connectivity index (χ1v) is 6.47. The number of alkyl halides is 3. The molecule has 0 spiro atoms. The molecular formula is C13H15ClF3NO. The van der Waals surface area contributed by atoms with Gasteiger partial charge in [0.15, 0.2) is 0 Å². The number of rotatable bonds is 4. The third-order valence-electron chi connectivity index (χ3n) is 3.00. The maximum Gasteiger partial charge on any atom is 0.390 e. The normalized spacial score (nSPS) is 16.1. The molecule has 1 aromatic carbocycles. The monoisotopic (exact) mass is 293 g/mol. The quantitative estimate of drug-likeness (QED) is 0.914. The van der Waals surface area contributed by atoms with Crippen LogP contribution in [-0.4, -0.2) is 18.8 Å². The summed E-state index contributed by atoms with van der Waals surface area (Å²) in [4.78, 5) is 0. The van der Waals surface area contributed by atoms with Gasteiger partial charge in [-0.15, -0.1) is 0 Å². The maximum absolute atomic E-state index is 12.2. The number of halogens is 4. The van der Waals surface area contributed by atoms with Crippen molar-refractivity contribution in [1.29, 1.82) is 0 Å². The lowest BCUT2D eigenvalue weighted by Crippen LogP contribution is -2.30. The summed E-state index contributed by atoms with van der Waals surface area (Å²) in [5.41, 5.74) is 1.83. The average molecular weight is 294 g/mol. The summed E-state index contributed by atoms with van der Waals surface area (Å²) in [6.07, 6.45) is -4.21. The van der Waals surface area contributed by atoms with Crippen LogP contribution >= 0.6 is 11.6 Å². The topological polar surface area (TPSA) is 21.3 Å². The van der Waals surface area contributed by atoms with Crippen LogP contribution in [0.2, 0.25) is 5.02 Å². The third-order valence-corrected chi connectivity index (χ3v) is 3.22. The Morgan fingerprint density at radius 1 is 1.42 bits per heavy atom. The Bertz CT molecular complexity index is 462. The molecular weight excluding hydrogens is 279 g/mol. The zero-order chi connectivity index (χ0) is 14.0. The molecule has 1 N–H and O–H groups in total. The lowest BCUT2D eigenvalue weighted by atomic mass is 10.1. The van der Waals surface area contributed by atoms with Gasteiger partial charge in [0.25, 0.3) is 0 Å². The molecule has 0 bridgehead atoms. The summed E-state index contributed by atoms with van der Waals surface area (Å²) in [6, 6.07) is 2.93. The fourth-order valence-electron chi connectivity index (χ4n) is 2.18. The molecule has 0 saturated carbocycles. The number of ether oxygens (including phenoxy) is 1. The third kappa shape index (κ3) is 4.01. The fraction of sp³-hybridized carbons (Fsp3) is 0.538. The van der Waals surface area contributed by atoms with Crippen LogP contribution in [0.5, 0.6) is 5.75 Å². The standard InChI is InChI=1S/C13H15ClF3NO/c1-8(6-13(15,16)17)18-7-10-5-11(14)4-9-2-3-19-12(9)10/h4-5,8,18H,2-3,6-7H2,1H3. The Kier molecular flexibility index (Phi) is 4.26. The second-order valence-electron chi connectivity index (χ2n) is 4.75. The van der Waals surface area contributed by atoms with Gasteiger partial charge < -0.3 is 10.1 Å². The maximum atomic E-state index is 12.2. The summed E-state index contributed by atoms with van der Waals surface area (Å²) < 4.78 is 42.2. The molecule has 1 atom stereocenters. The minimum Gasteiger partial charge on any atom is -0.493 e. The Balaban J connectivity index is 2.00. The summed E-state index contributed by atoms with van der Waals surface area (Å²) in [6.45, 7) is 2.43. The Labute approximate surface area is 114 Å². The summed E-state index contributed by atoms with van der Waals surface area (Å²) >= 11 is 5.99. The van der Waals surface area contributed by atoms with E-state index in [-0.39, 0.29) is 0 Å². The molecule has 1 heterocycles. The Morgan fingerprint density at radius 2 is 2.16 bits per heavy atom. The van der Waals surface area contributed by atoms with Gasteiger partial charge in [-0.1, -0.05) is 11.6 Å². The second kappa shape index (κ2) is 5.59. The number of fused-ring (bicyclic) bond motifs is 1. The number of nitrogens with one attached hydrogen (secondary N) is 1. The summed E-state index contributed by atoms with van der Waals surface area (Å²) in [5, 5.41) is 3.44. The van der Waals surface area contributed by atoms with Crippen molar-refractivity contribution in [2.45, 2.75) is 38.5 Å². The van der Waals surface area contributed by atoms with E-state index in [1.54, 1.807) is 6.07 Å². The van der Waals surface area contributed by atoms with Crippen LogP contribution in [0, 0.1) is 0 Å². The lowest BCUT2D eigenvalue weighted by Gasteiger charge is -2.17. The highest BCUT2D eigenvalue weighted by Gasteiger charge is 2.30. The molecule has 1 aliphatic rings. The molecule has 0 aromatic heterocycles. The van der Waals surface area contributed by atoms with E-state index in [4.69, 9.17) is 16.3 Å². The van der Waals surface area contributed by atoms with Gasteiger partial charge in [-0.3, -0.25) is 0 Å². The first-order valence-electron chi connectivity index (χ1n) is 6.09. The van der Waals surface area contributed by atoms with E-state index in [1.807, 2.05) is 6.07 Å². The minimum atomic E-state index is -4.15. The molecule has 106 valence electrons. The highest BCUT2D eigenvalue weighted by atomic mass is 35.5. The van der Waals surface area contributed by atoms with Crippen LogP contribution in [0.25, 0.3) is 0 Å². The van der Waals surface area contributed by atoms with Crippen LogP contribution in [0.3, 0.4) is 0 Å². The van der Waals surface area contributed by atoms with Crippen molar-refractivity contribution >= 4 is 11.6 Å². The average Bonchev–Trinajstić information content (AvgIpc) is 2.71. The van der Waals surface area contributed by atoms with E-state index in [0.29, 0.717) is 18.2 Å². The van der Waals surface area contributed by atoms with Crippen molar-refractivity contribution < 1.29 is 17.9 Å². The smallest absolute Gasteiger partial charge is 0.390 e. The van der Waals surface area contributed by atoms with E-state index < -0.39 is 18.6 Å². The van der Waals surface area contributed by atoms with Crippen LogP contribution in [0.1, 0.15) is 24.5 Å². The highest BCUT2D eigenvalue weighted by molar-refractivity contribution is 6.30. The first-order chi connectivity index (χ1) is 8.85. The van der Waals surface area contributed by atoms with E-state index in [0.717, 1.165) is 23.3 Å². The van der Waals surface area contributed by atoms with E-state index >= 15 is 0 Å². The molecule has 2 nitrogen and oxygen atoms in total. The van der Waals surface area contributed by atoms with Crippen LogP contribution in [-0.2, 0) is 13.0 Å². The van der Waals surface area contributed by atoms with Gasteiger partial charge in [-0.05, 0) is 24.6 Å². The van der Waals surface area contributed by atoms with E-state index in [2.05, 4.69) is 5.32 Å². The predicted octanol–water partition coefficient (Wildman–Crippen LogP) is 3.71. The van der Waals surface area contributed by atoms with Gasteiger partial charge in [0, 0.05) is 29.6 Å². The molecule has 0 radical (unpaired) electrons. The minimum absolute atomic E-state index is 0.320. The van der Waals surface area contributed by atoms with Gasteiger partial charge in [0.2, 0.25) is 0 Å². The van der Waals surface area contributed by atoms with Crippen molar-refractivity contribution in [3.63, 3.8) is 0 Å². The van der Waals surface area contributed by atoms with E-state index in [9.17, 15) is 13.2 Å². The molecule has 6 heteroatoms. The first kappa shape index (κ1) is 14.5. The zero-order valence-corrected chi connectivity index (χ0v) is 11.2. The SMILES string of the molecule is CC(CC(F)(F)F)NCc1cc(Cl)cc2c1OCC2. The van der Waals surface area contributed by atoms with Crippen molar-refractivity contribution in [1.82, 2.24) is 5.32 Å². The van der Waals surface area contributed by atoms with Gasteiger partial charge in [-0.25, -0.2) is 0 Å². The fourth-order valence-corrected chi connectivity index (χ4v) is 2.44. The summed E-state index contributed by atoms with van der Waals surface area (Å²) in [5.74, 6) is 0.760. The van der Waals surface area contributed by atoms with Crippen molar-refractivity contribution in [3.05, 3.63) is 28.3 Å². The molecule has 1 aliphatic heterocycles. The Morgan fingerprint density at radius 3 is 2.84 bits per heavy atom. The second-order valence-corrected chi connectivity index (χ2v) is 5.19. The molecule has 0 saturated heterocycles. The predicted molar refractivity (Wildman–Crippen MR) is 67.6 cm³/mol. The molecule has 1 unspecified atom stereocenters. The highest BCUT2D eigenvalue weighted by Crippen LogP contribution is 2.33. The van der Waals surface area contributed by atoms with Crippen LogP contribution in [0.4, 0.5) is 13.2 Å². The van der Waals surface area contributed by atoms with E-state index in [1.165, 1.54) is 6.92 Å². The van der Waals surface area contributed by atoms with Crippen molar-refractivity contribution in [3.8, 4) is 5.75 Å². The van der Waals surface area contributed by atoms with Crippen molar-refractivity contribution in [2.24, 2.45) is 0 Å². The zero-order valence-electron chi connectivity index (χ0n) is 10.5. The van der Waals surface area contributed by atoms with Crippen molar-refractivity contribution in [2.75, 3.05) is 6.61 Å². The lowest BCUT2D eigenvalue weighted by molar-refractivity contribution is -0.139. The number of hydrogen-bond acceptors (Lipinski definition) is 2. The number of hydrogen-bond donors (Lipinski definition) is 1. The molecule has 19 heavy (non-hydrogen) atoms.